The molecule has 0 aromatic heterocycles. The molecule has 1 aliphatic rings. The molecule has 30 heavy (non-hydrogen) atoms. The van der Waals surface area contributed by atoms with E-state index in [1.54, 1.807) is 7.11 Å². The maximum Gasteiger partial charge on any atom is 0.193 e. The molecule has 2 rings (SSSR count). The van der Waals surface area contributed by atoms with E-state index in [2.05, 4.69) is 35.2 Å². The number of terminal acetylenes is 1. The van der Waals surface area contributed by atoms with Crippen LogP contribution >= 0.6 is 24.0 Å². The Balaban J connectivity index is 0.00000450. The SMILES string of the molecule is C#CCOc1ccc(CCN=C(NCC)N2CCC(OCCCOC)CC2)cc1.I. The maximum absolute atomic E-state index is 5.96. The predicted octanol–water partition coefficient (Wildman–Crippen LogP) is 3.34. The third-order valence-electron chi connectivity index (χ3n) is 4.83. The van der Waals surface area contributed by atoms with Crippen LogP contribution in [0.5, 0.6) is 5.75 Å². The Morgan fingerprint density at radius 3 is 2.60 bits per heavy atom. The first-order valence-electron chi connectivity index (χ1n) is 10.6. The van der Waals surface area contributed by atoms with Gasteiger partial charge in [0.1, 0.15) is 12.4 Å². The number of hydrogen-bond acceptors (Lipinski definition) is 4. The molecular formula is C23H36IN3O3. The highest BCUT2D eigenvalue weighted by Crippen LogP contribution is 2.15. The zero-order valence-electron chi connectivity index (χ0n) is 18.3. The summed E-state index contributed by atoms with van der Waals surface area (Å²) in [6.45, 7) is 7.51. The fraction of sp³-hybridized carbons (Fsp3) is 0.609. The molecule has 6 nitrogen and oxygen atoms in total. The van der Waals surface area contributed by atoms with Crippen LogP contribution in [0.25, 0.3) is 0 Å². The number of hydrogen-bond donors (Lipinski definition) is 1. The van der Waals surface area contributed by atoms with Crippen LogP contribution in [-0.4, -0.2) is 70.1 Å². The molecule has 0 atom stereocenters. The first-order chi connectivity index (χ1) is 14.3. The Morgan fingerprint density at radius 1 is 1.23 bits per heavy atom. The lowest BCUT2D eigenvalue weighted by atomic mass is 10.1. The molecule has 1 heterocycles. The minimum atomic E-state index is 0. The van der Waals surface area contributed by atoms with Crippen LogP contribution < -0.4 is 10.1 Å². The van der Waals surface area contributed by atoms with Crippen molar-refractivity contribution in [1.82, 2.24) is 10.2 Å². The summed E-state index contributed by atoms with van der Waals surface area (Å²) in [5.41, 5.74) is 1.24. The number of nitrogens with one attached hydrogen (secondary N) is 1. The molecule has 0 bridgehead atoms. The van der Waals surface area contributed by atoms with Gasteiger partial charge in [-0.1, -0.05) is 18.1 Å². The molecule has 1 aromatic carbocycles. The van der Waals surface area contributed by atoms with E-state index < -0.39 is 0 Å². The van der Waals surface area contributed by atoms with Crippen molar-refractivity contribution < 1.29 is 14.2 Å². The molecule has 7 heteroatoms. The highest BCUT2D eigenvalue weighted by atomic mass is 127. The number of halogens is 1. The van der Waals surface area contributed by atoms with Crippen molar-refractivity contribution in [2.75, 3.05) is 53.1 Å². The van der Waals surface area contributed by atoms with Gasteiger partial charge in [-0.15, -0.1) is 30.4 Å². The zero-order valence-corrected chi connectivity index (χ0v) is 20.6. The van der Waals surface area contributed by atoms with Gasteiger partial charge >= 0.3 is 0 Å². The highest BCUT2D eigenvalue weighted by molar-refractivity contribution is 14.0. The number of benzene rings is 1. The zero-order chi connectivity index (χ0) is 20.7. The van der Waals surface area contributed by atoms with Gasteiger partial charge in [0, 0.05) is 46.5 Å². The van der Waals surface area contributed by atoms with Gasteiger partial charge in [-0.3, -0.25) is 4.99 Å². The fourth-order valence-corrected chi connectivity index (χ4v) is 3.28. The summed E-state index contributed by atoms with van der Waals surface area (Å²) in [5, 5.41) is 3.43. The van der Waals surface area contributed by atoms with E-state index in [-0.39, 0.29) is 24.0 Å². The standard InChI is InChI=1S/C23H35N3O3.HI/c1-4-17-28-21-9-7-20(8-10-21)11-14-25-23(24-5-2)26-15-12-22(13-16-26)29-19-6-18-27-3;/h1,7-10,22H,5-6,11-19H2,2-3H3,(H,24,25);1H. The van der Waals surface area contributed by atoms with E-state index in [0.717, 1.165) is 76.8 Å². The first-order valence-corrected chi connectivity index (χ1v) is 10.6. The Kier molecular flexibility index (Phi) is 14.4. The van der Waals surface area contributed by atoms with Crippen molar-refractivity contribution in [2.45, 2.75) is 38.7 Å². The molecule has 0 saturated carbocycles. The lowest BCUT2D eigenvalue weighted by Gasteiger charge is -2.34. The maximum atomic E-state index is 5.96. The van der Waals surface area contributed by atoms with Crippen LogP contribution in [-0.2, 0) is 15.9 Å². The van der Waals surface area contributed by atoms with Crippen LogP contribution in [0.15, 0.2) is 29.3 Å². The van der Waals surface area contributed by atoms with Crippen LogP contribution in [0.1, 0.15) is 31.7 Å². The molecule has 1 saturated heterocycles. The number of ether oxygens (including phenoxy) is 3. The quantitative estimate of drug-likeness (QED) is 0.157. The Hall–Kier alpha value is -1.50. The second-order valence-corrected chi connectivity index (χ2v) is 7.03. The number of aliphatic imine (C=N–C) groups is 1. The van der Waals surface area contributed by atoms with E-state index in [1.807, 2.05) is 12.1 Å². The normalized spacial score (nSPS) is 14.7. The van der Waals surface area contributed by atoms with Crippen LogP contribution in [0.4, 0.5) is 0 Å². The van der Waals surface area contributed by atoms with Gasteiger partial charge < -0.3 is 24.4 Å². The monoisotopic (exact) mass is 529 g/mol. The molecule has 1 fully saturated rings. The number of piperidine rings is 1. The summed E-state index contributed by atoms with van der Waals surface area (Å²) in [4.78, 5) is 7.17. The summed E-state index contributed by atoms with van der Waals surface area (Å²) in [5.74, 6) is 4.27. The first kappa shape index (κ1) is 26.5. The third-order valence-corrected chi connectivity index (χ3v) is 4.83. The van der Waals surface area contributed by atoms with Gasteiger partial charge in [0.05, 0.1) is 6.10 Å². The van der Waals surface area contributed by atoms with Gasteiger partial charge in [0.15, 0.2) is 5.96 Å². The van der Waals surface area contributed by atoms with Gasteiger partial charge in [-0.05, 0) is 50.3 Å². The number of methoxy groups -OCH3 is 1. The molecule has 0 aliphatic carbocycles. The molecular weight excluding hydrogens is 493 g/mol. The molecule has 0 spiro atoms. The van der Waals surface area contributed by atoms with Crippen molar-refractivity contribution in [1.29, 1.82) is 0 Å². The van der Waals surface area contributed by atoms with E-state index in [4.69, 9.17) is 25.6 Å². The summed E-state index contributed by atoms with van der Waals surface area (Å²) in [6.07, 6.45) is 9.49. The van der Waals surface area contributed by atoms with Crippen LogP contribution in [0.3, 0.4) is 0 Å². The van der Waals surface area contributed by atoms with Gasteiger partial charge in [0.25, 0.3) is 0 Å². The smallest absolute Gasteiger partial charge is 0.193 e. The molecule has 1 N–H and O–H groups in total. The fourth-order valence-electron chi connectivity index (χ4n) is 3.28. The average Bonchev–Trinajstić information content (AvgIpc) is 2.76. The highest BCUT2D eigenvalue weighted by Gasteiger charge is 2.21. The Labute approximate surface area is 198 Å². The molecule has 0 amide bonds. The van der Waals surface area contributed by atoms with E-state index >= 15 is 0 Å². The Morgan fingerprint density at radius 2 is 1.97 bits per heavy atom. The van der Waals surface area contributed by atoms with Gasteiger partial charge in [-0.25, -0.2) is 0 Å². The topological polar surface area (TPSA) is 55.3 Å². The summed E-state index contributed by atoms with van der Waals surface area (Å²) < 4.78 is 16.4. The average molecular weight is 529 g/mol. The van der Waals surface area contributed by atoms with Gasteiger partial charge in [-0.2, -0.15) is 0 Å². The van der Waals surface area contributed by atoms with Crippen molar-refractivity contribution in [3.8, 4) is 18.1 Å². The summed E-state index contributed by atoms with van der Waals surface area (Å²) in [7, 11) is 1.73. The molecule has 168 valence electrons. The lowest BCUT2D eigenvalue weighted by molar-refractivity contribution is 0.00991. The Bertz CT molecular complexity index is 638. The summed E-state index contributed by atoms with van der Waals surface area (Å²) >= 11 is 0. The van der Waals surface area contributed by atoms with Crippen molar-refractivity contribution in [2.24, 2.45) is 4.99 Å². The van der Waals surface area contributed by atoms with Crippen molar-refractivity contribution in [3.05, 3.63) is 29.8 Å². The third kappa shape index (κ3) is 10.0. The lowest BCUT2D eigenvalue weighted by Crippen LogP contribution is -2.47. The minimum Gasteiger partial charge on any atom is -0.481 e. The summed E-state index contributed by atoms with van der Waals surface area (Å²) in [6, 6.07) is 8.05. The van der Waals surface area contributed by atoms with Crippen molar-refractivity contribution in [3.63, 3.8) is 0 Å². The van der Waals surface area contributed by atoms with Gasteiger partial charge in [0.2, 0.25) is 0 Å². The second kappa shape index (κ2) is 16.2. The molecule has 1 aromatic rings. The largest absolute Gasteiger partial charge is 0.481 e. The predicted molar refractivity (Wildman–Crippen MR) is 133 cm³/mol. The number of guanidine groups is 1. The number of nitrogens with zero attached hydrogens (tertiary/aromatic N) is 2. The van der Waals surface area contributed by atoms with Crippen molar-refractivity contribution >= 4 is 29.9 Å². The van der Waals surface area contributed by atoms with E-state index in [0.29, 0.717) is 12.7 Å². The van der Waals surface area contributed by atoms with E-state index in [9.17, 15) is 0 Å². The minimum absolute atomic E-state index is 0. The molecule has 0 radical (unpaired) electrons. The van der Waals surface area contributed by atoms with E-state index in [1.165, 1.54) is 5.56 Å². The molecule has 0 unspecified atom stereocenters. The number of likely N-dealkylation sites (tertiary alicyclic amines) is 1. The number of rotatable bonds is 11. The molecule has 1 aliphatic heterocycles. The van der Waals surface area contributed by atoms with Crippen LogP contribution in [0, 0.1) is 12.3 Å². The second-order valence-electron chi connectivity index (χ2n) is 7.03. The van der Waals surface area contributed by atoms with Crippen LogP contribution in [0.2, 0.25) is 0 Å².